The van der Waals surface area contributed by atoms with Gasteiger partial charge in [-0.2, -0.15) is 0 Å². The summed E-state index contributed by atoms with van der Waals surface area (Å²) < 4.78 is 0. The zero-order valence-corrected chi connectivity index (χ0v) is 9.98. The van der Waals surface area contributed by atoms with E-state index < -0.39 is 0 Å². The molecular weight excluding hydrogens is 192 g/mol. The van der Waals surface area contributed by atoms with Gasteiger partial charge in [0.1, 0.15) is 0 Å². The smallest absolute Gasteiger partial charge is 0.00259 e. The summed E-state index contributed by atoms with van der Waals surface area (Å²) in [5.74, 6) is 2.30. The minimum Gasteiger partial charge on any atom is -0.0696 e. The summed E-state index contributed by atoms with van der Waals surface area (Å²) >= 11 is 0. The third kappa shape index (κ3) is 1.53. The van der Waals surface area contributed by atoms with Crippen molar-refractivity contribution in [2.45, 2.75) is 26.2 Å². The summed E-state index contributed by atoms with van der Waals surface area (Å²) in [5, 5.41) is 0. The third-order valence-corrected chi connectivity index (χ3v) is 4.14. The average Bonchev–Trinajstić information content (AvgIpc) is 3.11. The molecule has 0 radical (unpaired) electrons. The molecule has 0 heteroatoms. The van der Waals surface area contributed by atoms with Crippen molar-refractivity contribution < 1.29 is 0 Å². The molecule has 3 rings (SSSR count). The van der Waals surface area contributed by atoms with Crippen molar-refractivity contribution in [2.24, 2.45) is 11.8 Å². The van der Waals surface area contributed by atoms with Crippen LogP contribution in [0.2, 0.25) is 0 Å². The van der Waals surface area contributed by atoms with Gasteiger partial charge in [-0.3, -0.25) is 0 Å². The van der Waals surface area contributed by atoms with Crippen LogP contribution in [0.15, 0.2) is 53.6 Å². The van der Waals surface area contributed by atoms with E-state index in [0.717, 1.165) is 11.8 Å². The molecule has 0 N–H and O–H groups in total. The fourth-order valence-electron chi connectivity index (χ4n) is 2.94. The Balaban J connectivity index is 1.89. The van der Waals surface area contributed by atoms with Gasteiger partial charge in [0.25, 0.3) is 0 Å². The Kier molecular flexibility index (Phi) is 2.24. The fraction of sp³-hybridized carbons (Fsp3) is 0.375. The number of fused-ring (bicyclic) bond motifs is 1. The van der Waals surface area contributed by atoms with Gasteiger partial charge < -0.3 is 0 Å². The Morgan fingerprint density at radius 3 is 2.56 bits per heavy atom. The lowest BCUT2D eigenvalue weighted by Gasteiger charge is -2.19. The van der Waals surface area contributed by atoms with Gasteiger partial charge in [0.05, 0.1) is 0 Å². The molecule has 82 valence electrons. The van der Waals surface area contributed by atoms with E-state index in [-0.39, 0.29) is 0 Å². The summed E-state index contributed by atoms with van der Waals surface area (Å²) in [5.41, 5.74) is 4.67. The van der Waals surface area contributed by atoms with E-state index in [1.54, 1.807) is 11.1 Å². The predicted molar refractivity (Wildman–Crippen MR) is 68.3 cm³/mol. The van der Waals surface area contributed by atoms with E-state index in [0.29, 0.717) is 5.92 Å². The SMILES string of the molecule is CC1=CC=C(C(C)c2ccccc2)C2CC12. The Bertz CT molecular complexity index is 450. The summed E-state index contributed by atoms with van der Waals surface area (Å²) in [6.07, 6.45) is 6.06. The molecule has 3 unspecified atom stereocenters. The first-order valence-corrected chi connectivity index (χ1v) is 6.20. The fourth-order valence-corrected chi connectivity index (χ4v) is 2.94. The van der Waals surface area contributed by atoms with Crippen molar-refractivity contribution >= 4 is 0 Å². The molecule has 2 aliphatic rings. The molecule has 0 aliphatic heterocycles. The van der Waals surface area contributed by atoms with Gasteiger partial charge in [0, 0.05) is 5.92 Å². The number of hydrogen-bond donors (Lipinski definition) is 0. The highest BCUT2D eigenvalue weighted by molar-refractivity contribution is 5.41. The first kappa shape index (κ1) is 9.89. The molecule has 0 nitrogen and oxygen atoms in total. The number of rotatable bonds is 2. The van der Waals surface area contributed by atoms with Gasteiger partial charge in [-0.25, -0.2) is 0 Å². The quantitative estimate of drug-likeness (QED) is 0.682. The van der Waals surface area contributed by atoms with E-state index >= 15 is 0 Å². The molecule has 1 fully saturated rings. The van der Waals surface area contributed by atoms with Crippen molar-refractivity contribution in [3.8, 4) is 0 Å². The molecule has 2 aliphatic carbocycles. The van der Waals surface area contributed by atoms with E-state index in [1.165, 1.54) is 12.0 Å². The van der Waals surface area contributed by atoms with Gasteiger partial charge in [-0.05, 0) is 30.7 Å². The lowest BCUT2D eigenvalue weighted by Crippen LogP contribution is -2.04. The van der Waals surface area contributed by atoms with E-state index in [2.05, 4.69) is 56.3 Å². The first-order chi connectivity index (χ1) is 7.77. The van der Waals surface area contributed by atoms with Crippen molar-refractivity contribution in [1.29, 1.82) is 0 Å². The van der Waals surface area contributed by atoms with Crippen LogP contribution in [0.1, 0.15) is 31.7 Å². The normalized spacial score (nSPS) is 28.9. The summed E-state index contributed by atoms with van der Waals surface area (Å²) in [7, 11) is 0. The minimum absolute atomic E-state index is 0.584. The van der Waals surface area contributed by atoms with Gasteiger partial charge in [0.15, 0.2) is 0 Å². The lowest BCUT2D eigenvalue weighted by atomic mass is 9.86. The molecule has 0 bridgehead atoms. The van der Waals surface area contributed by atoms with Gasteiger partial charge >= 0.3 is 0 Å². The number of hydrogen-bond acceptors (Lipinski definition) is 0. The van der Waals surface area contributed by atoms with Gasteiger partial charge in [-0.15, -0.1) is 0 Å². The monoisotopic (exact) mass is 210 g/mol. The Hall–Kier alpha value is -1.30. The van der Waals surface area contributed by atoms with Crippen LogP contribution >= 0.6 is 0 Å². The molecule has 0 saturated heterocycles. The molecule has 1 aromatic carbocycles. The minimum atomic E-state index is 0.584. The maximum Gasteiger partial charge on any atom is 0.00259 e. The molecule has 3 atom stereocenters. The van der Waals surface area contributed by atoms with Gasteiger partial charge in [-0.1, -0.05) is 60.6 Å². The predicted octanol–water partition coefficient (Wildman–Crippen LogP) is 4.31. The number of benzene rings is 1. The van der Waals surface area contributed by atoms with E-state index in [1.807, 2.05) is 0 Å². The van der Waals surface area contributed by atoms with Crippen molar-refractivity contribution in [3.63, 3.8) is 0 Å². The van der Waals surface area contributed by atoms with Crippen LogP contribution in [0.5, 0.6) is 0 Å². The van der Waals surface area contributed by atoms with Crippen molar-refractivity contribution in [3.05, 3.63) is 59.2 Å². The lowest BCUT2D eigenvalue weighted by molar-refractivity contribution is 0.751. The van der Waals surface area contributed by atoms with Crippen LogP contribution in [0.25, 0.3) is 0 Å². The molecule has 0 heterocycles. The van der Waals surface area contributed by atoms with Crippen molar-refractivity contribution in [2.75, 3.05) is 0 Å². The standard InChI is InChI=1S/C16H18/c1-11-8-9-14(16-10-15(11)16)12(2)13-6-4-3-5-7-13/h3-9,12,15-16H,10H2,1-2H3. The average molecular weight is 210 g/mol. The topological polar surface area (TPSA) is 0 Å². The highest BCUT2D eigenvalue weighted by Crippen LogP contribution is 2.54. The Labute approximate surface area is 97.7 Å². The van der Waals surface area contributed by atoms with Crippen LogP contribution in [0, 0.1) is 11.8 Å². The molecule has 0 aromatic heterocycles. The molecule has 1 aromatic rings. The third-order valence-electron chi connectivity index (χ3n) is 4.14. The Morgan fingerprint density at radius 2 is 1.81 bits per heavy atom. The van der Waals surface area contributed by atoms with Crippen molar-refractivity contribution in [1.82, 2.24) is 0 Å². The summed E-state index contributed by atoms with van der Waals surface area (Å²) in [4.78, 5) is 0. The second kappa shape index (κ2) is 3.62. The highest BCUT2D eigenvalue weighted by atomic mass is 14.5. The Morgan fingerprint density at radius 1 is 1.06 bits per heavy atom. The molecule has 0 amide bonds. The molecule has 0 spiro atoms. The first-order valence-electron chi connectivity index (χ1n) is 6.20. The maximum absolute atomic E-state index is 2.36. The molecule has 16 heavy (non-hydrogen) atoms. The zero-order valence-electron chi connectivity index (χ0n) is 9.98. The second-order valence-corrected chi connectivity index (χ2v) is 5.16. The van der Waals surface area contributed by atoms with E-state index in [4.69, 9.17) is 0 Å². The maximum atomic E-state index is 2.36. The van der Waals surface area contributed by atoms with Gasteiger partial charge in [0.2, 0.25) is 0 Å². The van der Waals surface area contributed by atoms with Crippen LogP contribution < -0.4 is 0 Å². The second-order valence-electron chi connectivity index (χ2n) is 5.16. The van der Waals surface area contributed by atoms with Crippen LogP contribution in [-0.2, 0) is 0 Å². The number of allylic oxidation sites excluding steroid dienone is 4. The van der Waals surface area contributed by atoms with Crippen LogP contribution in [0.4, 0.5) is 0 Å². The molecular formula is C16H18. The van der Waals surface area contributed by atoms with E-state index in [9.17, 15) is 0 Å². The zero-order chi connectivity index (χ0) is 11.1. The van der Waals surface area contributed by atoms with Crippen LogP contribution in [-0.4, -0.2) is 0 Å². The molecule has 1 saturated carbocycles. The summed E-state index contributed by atoms with van der Waals surface area (Å²) in [6, 6.07) is 10.9. The summed E-state index contributed by atoms with van der Waals surface area (Å²) in [6.45, 7) is 4.61. The largest absolute Gasteiger partial charge is 0.0696 e. The highest BCUT2D eigenvalue weighted by Gasteiger charge is 2.43. The van der Waals surface area contributed by atoms with Crippen LogP contribution in [0.3, 0.4) is 0 Å².